The molecule has 1 aromatic heterocycles. The molecule has 0 amide bonds. The molecule has 38 heavy (non-hydrogen) atoms. The van der Waals surface area contributed by atoms with Gasteiger partial charge < -0.3 is 20.1 Å². The first-order chi connectivity index (χ1) is 18.6. The molecule has 1 saturated carbocycles. The normalized spacial score (nSPS) is 24.4. The van der Waals surface area contributed by atoms with Crippen molar-refractivity contribution in [2.24, 2.45) is 11.8 Å². The number of hydrogen-bond donors (Lipinski definition) is 2. The number of fused-ring (bicyclic) bond motifs is 4. The first-order valence-corrected chi connectivity index (χ1v) is 13.3. The number of anilines is 1. The molecule has 1 aliphatic carbocycles. The lowest BCUT2D eigenvalue weighted by atomic mass is 9.76. The highest BCUT2D eigenvalue weighted by Gasteiger charge is 2.34. The van der Waals surface area contributed by atoms with E-state index in [1.807, 2.05) is 30.3 Å². The summed E-state index contributed by atoms with van der Waals surface area (Å²) in [6, 6.07) is 17.8. The quantitative estimate of drug-likeness (QED) is 0.384. The summed E-state index contributed by atoms with van der Waals surface area (Å²) in [4.78, 5) is 11.6. The molecule has 0 unspecified atom stereocenters. The van der Waals surface area contributed by atoms with Gasteiger partial charge in [0.05, 0.1) is 12.7 Å². The predicted molar refractivity (Wildman–Crippen MR) is 144 cm³/mol. The molecule has 2 atom stereocenters. The van der Waals surface area contributed by atoms with Crippen LogP contribution >= 0.6 is 0 Å². The molecule has 192 valence electrons. The van der Waals surface area contributed by atoms with Gasteiger partial charge in [0.25, 0.3) is 0 Å². The van der Waals surface area contributed by atoms with E-state index in [-0.39, 0.29) is 29.1 Å². The number of benzene rings is 3. The number of halogens is 1. The molecule has 2 N–H and O–H groups in total. The van der Waals surface area contributed by atoms with Gasteiger partial charge in [-0.3, -0.25) is 0 Å². The van der Waals surface area contributed by atoms with Gasteiger partial charge in [-0.05, 0) is 66.1 Å². The summed E-state index contributed by atoms with van der Waals surface area (Å²) >= 11 is 0. The first-order valence-electron chi connectivity index (χ1n) is 13.3. The Kier molecular flexibility index (Phi) is 5.55. The van der Waals surface area contributed by atoms with Crippen LogP contribution in [-0.2, 0) is 0 Å². The summed E-state index contributed by atoms with van der Waals surface area (Å²) < 4.78 is 22.4. The van der Waals surface area contributed by atoms with Gasteiger partial charge in [0.2, 0.25) is 0 Å². The van der Waals surface area contributed by atoms with E-state index in [9.17, 15) is 5.11 Å². The molecule has 3 heterocycles. The monoisotopic (exact) mass is 509 g/mol. The molecule has 0 spiro atoms. The zero-order valence-electron chi connectivity index (χ0n) is 20.9. The SMILES string of the molecule is N#CC1CC(COc2nc(N3C[C@H]4CC[C@@H](C3)N4)c3ccc(-c4cc(O)cc5ccccc45)c(F)c3n2)C1. The van der Waals surface area contributed by atoms with Crippen molar-refractivity contribution in [3.05, 3.63) is 54.3 Å². The lowest BCUT2D eigenvalue weighted by Gasteiger charge is -2.34. The van der Waals surface area contributed by atoms with Gasteiger partial charge >= 0.3 is 6.01 Å². The minimum Gasteiger partial charge on any atom is -0.508 e. The summed E-state index contributed by atoms with van der Waals surface area (Å²) in [7, 11) is 0. The highest BCUT2D eigenvalue weighted by atomic mass is 19.1. The molecular weight excluding hydrogens is 481 g/mol. The summed E-state index contributed by atoms with van der Waals surface area (Å²) in [6.07, 6.45) is 3.86. The summed E-state index contributed by atoms with van der Waals surface area (Å²) in [5.74, 6) is 0.687. The molecule has 2 bridgehead atoms. The van der Waals surface area contributed by atoms with Crippen molar-refractivity contribution in [1.29, 1.82) is 5.26 Å². The third kappa shape index (κ3) is 3.98. The Hall–Kier alpha value is -3.96. The fourth-order valence-corrected chi connectivity index (χ4v) is 6.30. The maximum atomic E-state index is 16.4. The van der Waals surface area contributed by atoms with Crippen LogP contribution in [0.1, 0.15) is 25.7 Å². The van der Waals surface area contributed by atoms with Gasteiger partial charge in [-0.1, -0.05) is 30.3 Å². The number of phenolic OH excluding ortho intramolecular Hbond substituents is 1. The Morgan fingerprint density at radius 1 is 1.03 bits per heavy atom. The minimum atomic E-state index is -0.460. The topological polar surface area (TPSA) is 94.3 Å². The van der Waals surface area contributed by atoms with Crippen molar-refractivity contribution in [3.8, 4) is 29.0 Å². The summed E-state index contributed by atoms with van der Waals surface area (Å²) in [5.41, 5.74) is 1.20. The van der Waals surface area contributed by atoms with Crippen LogP contribution < -0.4 is 15.0 Å². The second-order valence-electron chi connectivity index (χ2n) is 10.9. The third-order valence-corrected chi connectivity index (χ3v) is 8.29. The standard InChI is InChI=1S/C30H28FN5O2/c31-27-24(26-12-22(37)11-19-3-1-2-4-23(19)26)7-8-25-28(27)34-30(38-16-18-9-17(10-18)13-32)35-29(25)36-14-20-5-6-21(15-36)33-20/h1-4,7-8,11-12,17-18,20-21,33,37H,5-6,9-10,14-16H2/t17?,18?,20-,21+. The summed E-state index contributed by atoms with van der Waals surface area (Å²) in [5, 5.41) is 25.4. The van der Waals surface area contributed by atoms with E-state index >= 15 is 4.39 Å². The summed E-state index contributed by atoms with van der Waals surface area (Å²) in [6.45, 7) is 2.01. The average molecular weight is 510 g/mol. The average Bonchev–Trinajstić information content (AvgIpc) is 3.24. The number of nitrogens with one attached hydrogen (secondary N) is 1. The number of hydrogen-bond acceptors (Lipinski definition) is 7. The van der Waals surface area contributed by atoms with Crippen LogP contribution in [0.15, 0.2) is 48.5 Å². The Balaban J connectivity index is 1.33. The molecule has 7 nitrogen and oxygen atoms in total. The number of nitriles is 1. The van der Waals surface area contributed by atoms with Crippen LogP contribution in [0, 0.1) is 29.0 Å². The van der Waals surface area contributed by atoms with E-state index in [1.165, 1.54) is 0 Å². The van der Waals surface area contributed by atoms with E-state index < -0.39 is 5.82 Å². The lowest BCUT2D eigenvalue weighted by molar-refractivity contribution is 0.141. The maximum Gasteiger partial charge on any atom is 0.319 e. The minimum absolute atomic E-state index is 0.0815. The molecule has 3 aromatic carbocycles. The highest BCUT2D eigenvalue weighted by Crippen LogP contribution is 2.39. The van der Waals surface area contributed by atoms with Crippen molar-refractivity contribution in [3.63, 3.8) is 0 Å². The van der Waals surface area contributed by atoms with Gasteiger partial charge in [-0.25, -0.2) is 4.39 Å². The Labute approximate surface area is 219 Å². The zero-order valence-corrected chi connectivity index (χ0v) is 20.9. The van der Waals surface area contributed by atoms with Crippen LogP contribution in [0.3, 0.4) is 0 Å². The number of nitrogens with zero attached hydrogens (tertiary/aromatic N) is 4. The molecule has 0 radical (unpaired) electrons. The molecule has 8 heteroatoms. The van der Waals surface area contributed by atoms with Crippen LogP contribution in [0.5, 0.6) is 11.8 Å². The van der Waals surface area contributed by atoms with Crippen LogP contribution in [0.4, 0.5) is 10.2 Å². The van der Waals surface area contributed by atoms with Crippen molar-refractivity contribution in [2.75, 3.05) is 24.6 Å². The number of phenols is 1. The maximum absolute atomic E-state index is 16.4. The van der Waals surface area contributed by atoms with Gasteiger partial charge in [-0.15, -0.1) is 0 Å². The molecule has 2 aliphatic heterocycles. The van der Waals surface area contributed by atoms with E-state index in [2.05, 4.69) is 21.3 Å². The number of piperazine rings is 1. The van der Waals surface area contributed by atoms with Crippen molar-refractivity contribution in [2.45, 2.75) is 37.8 Å². The van der Waals surface area contributed by atoms with Gasteiger partial charge in [0, 0.05) is 42.0 Å². The largest absolute Gasteiger partial charge is 0.508 e. The Bertz CT molecular complexity index is 1580. The zero-order chi connectivity index (χ0) is 25.8. The smallest absolute Gasteiger partial charge is 0.319 e. The third-order valence-electron chi connectivity index (χ3n) is 8.29. The fourth-order valence-electron chi connectivity index (χ4n) is 6.30. The first kappa shape index (κ1) is 23.2. The second-order valence-corrected chi connectivity index (χ2v) is 10.9. The number of ether oxygens (including phenoxy) is 1. The van der Waals surface area contributed by atoms with Gasteiger partial charge in [0.15, 0.2) is 5.82 Å². The molecule has 4 aromatic rings. The molecule has 2 saturated heterocycles. The second kappa shape index (κ2) is 9.10. The van der Waals surface area contributed by atoms with E-state index in [0.29, 0.717) is 41.0 Å². The van der Waals surface area contributed by atoms with Gasteiger partial charge in [-0.2, -0.15) is 15.2 Å². The van der Waals surface area contributed by atoms with Crippen molar-refractivity contribution < 1.29 is 14.2 Å². The number of aromatic nitrogens is 2. The van der Waals surface area contributed by atoms with Crippen LogP contribution in [0.2, 0.25) is 0 Å². The number of aromatic hydroxyl groups is 1. The number of rotatable bonds is 5. The van der Waals surface area contributed by atoms with Crippen molar-refractivity contribution in [1.82, 2.24) is 15.3 Å². The highest BCUT2D eigenvalue weighted by molar-refractivity contribution is 6.01. The fraction of sp³-hybridized carbons (Fsp3) is 0.367. The van der Waals surface area contributed by atoms with E-state index in [0.717, 1.165) is 49.5 Å². The predicted octanol–water partition coefficient (Wildman–Crippen LogP) is 5.16. The van der Waals surface area contributed by atoms with Crippen LogP contribution in [-0.4, -0.2) is 46.9 Å². The van der Waals surface area contributed by atoms with Crippen LogP contribution in [0.25, 0.3) is 32.8 Å². The molecule has 3 aliphatic rings. The Morgan fingerprint density at radius 3 is 2.61 bits per heavy atom. The van der Waals surface area contributed by atoms with E-state index in [4.69, 9.17) is 15.0 Å². The van der Waals surface area contributed by atoms with E-state index in [1.54, 1.807) is 18.2 Å². The molecule has 7 rings (SSSR count). The Morgan fingerprint density at radius 2 is 1.82 bits per heavy atom. The lowest BCUT2D eigenvalue weighted by Crippen LogP contribution is -2.51. The van der Waals surface area contributed by atoms with Gasteiger partial charge in [0.1, 0.15) is 17.1 Å². The molecular formula is C30H28FN5O2. The molecule has 3 fully saturated rings. The van der Waals surface area contributed by atoms with Crippen molar-refractivity contribution >= 4 is 27.5 Å².